The number of nitrogens with two attached hydrogens (primary N) is 2. The van der Waals surface area contributed by atoms with Crippen LogP contribution in [0.15, 0.2) is 0 Å². The quantitative estimate of drug-likeness (QED) is 0.338. The molecular weight excluding hydrogens is 148 g/mol. The van der Waals surface area contributed by atoms with Crippen molar-refractivity contribution in [2.75, 3.05) is 13.2 Å². The largest absolute Gasteiger partial charge is 0.389 e. The number of ether oxygens (including phenoxy) is 1. The van der Waals surface area contributed by atoms with Gasteiger partial charge in [0.05, 0.1) is 24.9 Å². The van der Waals surface area contributed by atoms with Crippen LogP contribution in [0.5, 0.6) is 0 Å². The Bertz CT molecular complexity index is 131. The lowest BCUT2D eigenvalue weighted by Crippen LogP contribution is -2.58. The second-order valence-electron chi connectivity index (χ2n) is 2.75. The van der Waals surface area contributed by atoms with E-state index in [1.807, 2.05) is 0 Å². The van der Waals surface area contributed by atoms with E-state index < -0.39 is 24.4 Å². The second kappa shape index (κ2) is 3.46. The molecule has 2 unspecified atom stereocenters. The van der Waals surface area contributed by atoms with Crippen LogP contribution in [-0.4, -0.2) is 47.7 Å². The van der Waals surface area contributed by atoms with E-state index in [1.165, 1.54) is 0 Å². The molecule has 1 fully saturated rings. The number of rotatable bonds is 1. The maximum absolute atomic E-state index is 9.27. The molecule has 1 rings (SSSR count). The second-order valence-corrected chi connectivity index (χ2v) is 2.75. The number of hydrogen-bond donors (Lipinski definition) is 4. The molecule has 0 bridgehead atoms. The van der Waals surface area contributed by atoms with Crippen LogP contribution < -0.4 is 11.5 Å². The van der Waals surface area contributed by atoms with Crippen molar-refractivity contribution in [3.05, 3.63) is 0 Å². The highest BCUT2D eigenvalue weighted by Gasteiger charge is 2.35. The first-order valence-electron chi connectivity index (χ1n) is 3.60. The zero-order valence-corrected chi connectivity index (χ0v) is 6.18. The van der Waals surface area contributed by atoms with E-state index in [0.717, 1.165) is 0 Å². The SMILES string of the molecule is NCC1OC[C@@H](N)C(O)[C@@H]1O. The van der Waals surface area contributed by atoms with Gasteiger partial charge in [-0.1, -0.05) is 0 Å². The summed E-state index contributed by atoms with van der Waals surface area (Å²) in [7, 11) is 0. The third-order valence-corrected chi connectivity index (χ3v) is 1.90. The topological polar surface area (TPSA) is 102 Å². The van der Waals surface area contributed by atoms with E-state index in [1.54, 1.807) is 0 Å². The molecule has 5 nitrogen and oxygen atoms in total. The molecule has 0 amide bonds. The monoisotopic (exact) mass is 162 g/mol. The molecule has 6 N–H and O–H groups in total. The lowest BCUT2D eigenvalue weighted by Gasteiger charge is -2.35. The molecule has 0 saturated carbocycles. The van der Waals surface area contributed by atoms with Crippen molar-refractivity contribution in [2.24, 2.45) is 11.5 Å². The molecule has 4 atom stereocenters. The fourth-order valence-corrected chi connectivity index (χ4v) is 1.11. The Morgan fingerprint density at radius 1 is 1.36 bits per heavy atom. The number of aliphatic hydroxyl groups excluding tert-OH is 2. The summed E-state index contributed by atoms with van der Waals surface area (Å²) in [6.45, 7) is 0.449. The first-order valence-corrected chi connectivity index (χ1v) is 3.60. The van der Waals surface area contributed by atoms with Gasteiger partial charge < -0.3 is 26.4 Å². The minimum absolute atomic E-state index is 0.199. The number of hydrogen-bond acceptors (Lipinski definition) is 5. The molecule has 0 aromatic carbocycles. The van der Waals surface area contributed by atoms with Crippen LogP contribution in [-0.2, 0) is 4.74 Å². The van der Waals surface area contributed by atoms with Crippen molar-refractivity contribution in [3.8, 4) is 0 Å². The Balaban J connectivity index is 2.52. The van der Waals surface area contributed by atoms with E-state index in [4.69, 9.17) is 16.2 Å². The van der Waals surface area contributed by atoms with Gasteiger partial charge in [0.2, 0.25) is 0 Å². The van der Waals surface area contributed by atoms with Crippen molar-refractivity contribution in [1.29, 1.82) is 0 Å². The minimum Gasteiger partial charge on any atom is -0.389 e. The summed E-state index contributed by atoms with van der Waals surface area (Å²) in [4.78, 5) is 0. The van der Waals surface area contributed by atoms with E-state index in [9.17, 15) is 10.2 Å². The van der Waals surface area contributed by atoms with Crippen LogP contribution in [0.3, 0.4) is 0 Å². The molecule has 0 aromatic heterocycles. The smallest absolute Gasteiger partial charge is 0.109 e. The molecule has 1 aliphatic rings. The van der Waals surface area contributed by atoms with Gasteiger partial charge in [-0.05, 0) is 0 Å². The molecule has 0 aromatic rings. The normalized spacial score (nSPS) is 45.8. The van der Waals surface area contributed by atoms with Crippen LogP contribution in [0.1, 0.15) is 0 Å². The lowest BCUT2D eigenvalue weighted by molar-refractivity contribution is -0.139. The predicted molar refractivity (Wildman–Crippen MR) is 38.8 cm³/mol. The fraction of sp³-hybridized carbons (Fsp3) is 1.00. The van der Waals surface area contributed by atoms with E-state index >= 15 is 0 Å². The summed E-state index contributed by atoms with van der Waals surface area (Å²) in [5.74, 6) is 0. The van der Waals surface area contributed by atoms with Gasteiger partial charge in [-0.25, -0.2) is 0 Å². The summed E-state index contributed by atoms with van der Waals surface area (Å²) in [5.41, 5.74) is 10.7. The summed E-state index contributed by atoms with van der Waals surface area (Å²) in [6.07, 6.45) is -2.36. The summed E-state index contributed by atoms with van der Waals surface area (Å²) in [5, 5.41) is 18.5. The summed E-state index contributed by atoms with van der Waals surface area (Å²) in [6, 6.07) is -0.507. The van der Waals surface area contributed by atoms with Crippen LogP contribution in [0.2, 0.25) is 0 Å². The van der Waals surface area contributed by atoms with Gasteiger partial charge in [0, 0.05) is 6.54 Å². The van der Waals surface area contributed by atoms with Gasteiger partial charge in [0.15, 0.2) is 0 Å². The highest BCUT2D eigenvalue weighted by molar-refractivity contribution is 4.88. The Morgan fingerprint density at radius 3 is 2.55 bits per heavy atom. The highest BCUT2D eigenvalue weighted by atomic mass is 16.5. The van der Waals surface area contributed by atoms with Crippen molar-refractivity contribution < 1.29 is 14.9 Å². The Labute approximate surface area is 64.9 Å². The van der Waals surface area contributed by atoms with Crippen molar-refractivity contribution in [1.82, 2.24) is 0 Å². The molecule has 5 heteroatoms. The highest BCUT2D eigenvalue weighted by Crippen LogP contribution is 2.12. The van der Waals surface area contributed by atoms with Gasteiger partial charge in [-0.15, -0.1) is 0 Å². The molecule has 1 heterocycles. The molecule has 1 aliphatic heterocycles. The zero-order valence-electron chi connectivity index (χ0n) is 6.18. The van der Waals surface area contributed by atoms with E-state index in [-0.39, 0.29) is 13.2 Å². The molecule has 0 aliphatic carbocycles. The van der Waals surface area contributed by atoms with Gasteiger partial charge >= 0.3 is 0 Å². The third kappa shape index (κ3) is 1.69. The van der Waals surface area contributed by atoms with Crippen LogP contribution in [0, 0.1) is 0 Å². The average molecular weight is 162 g/mol. The maximum atomic E-state index is 9.27. The standard InChI is InChI=1S/C6H14N2O3/c7-1-4-6(10)5(9)3(8)2-11-4/h3-6,9-10H,1-2,7-8H2/t3-,4?,5?,6-/m1/s1. The van der Waals surface area contributed by atoms with Crippen LogP contribution in [0.25, 0.3) is 0 Å². The molecule has 0 spiro atoms. The lowest BCUT2D eigenvalue weighted by atomic mass is 9.99. The maximum Gasteiger partial charge on any atom is 0.109 e. The molecular formula is C6H14N2O3. The van der Waals surface area contributed by atoms with Crippen molar-refractivity contribution in [2.45, 2.75) is 24.4 Å². The number of aliphatic hydroxyl groups is 2. The van der Waals surface area contributed by atoms with Gasteiger partial charge in [-0.2, -0.15) is 0 Å². The van der Waals surface area contributed by atoms with Crippen molar-refractivity contribution >= 4 is 0 Å². The van der Waals surface area contributed by atoms with Gasteiger partial charge in [0.1, 0.15) is 6.10 Å². The molecule has 1 saturated heterocycles. The summed E-state index contributed by atoms with van der Waals surface area (Å²) >= 11 is 0. The zero-order chi connectivity index (χ0) is 8.43. The fourth-order valence-electron chi connectivity index (χ4n) is 1.11. The molecule has 11 heavy (non-hydrogen) atoms. The van der Waals surface area contributed by atoms with Gasteiger partial charge in [0.25, 0.3) is 0 Å². The minimum atomic E-state index is -0.955. The van der Waals surface area contributed by atoms with Crippen molar-refractivity contribution in [3.63, 3.8) is 0 Å². The molecule has 66 valence electrons. The van der Waals surface area contributed by atoms with Crippen LogP contribution in [0.4, 0.5) is 0 Å². The Morgan fingerprint density at radius 2 is 2.00 bits per heavy atom. The molecule has 0 radical (unpaired) electrons. The van der Waals surface area contributed by atoms with Gasteiger partial charge in [-0.3, -0.25) is 0 Å². The van der Waals surface area contributed by atoms with E-state index in [2.05, 4.69) is 0 Å². The Hall–Kier alpha value is -0.200. The van der Waals surface area contributed by atoms with Crippen LogP contribution >= 0.6 is 0 Å². The third-order valence-electron chi connectivity index (χ3n) is 1.90. The Kier molecular flexibility index (Phi) is 2.80. The summed E-state index contributed by atoms with van der Waals surface area (Å²) < 4.78 is 5.06. The first-order chi connectivity index (χ1) is 5.16. The average Bonchev–Trinajstić information content (AvgIpc) is 2.01. The first kappa shape index (κ1) is 8.89. The van der Waals surface area contributed by atoms with E-state index in [0.29, 0.717) is 0 Å². The predicted octanol–water partition coefficient (Wildman–Crippen LogP) is -2.61.